The van der Waals surface area contributed by atoms with Crippen molar-refractivity contribution in [2.45, 2.75) is 12.5 Å². The van der Waals surface area contributed by atoms with Crippen LogP contribution >= 0.6 is 0 Å². The van der Waals surface area contributed by atoms with E-state index in [2.05, 4.69) is 20.3 Å². The molecule has 1 aliphatic rings. The Labute approximate surface area is 151 Å². The number of rotatable bonds is 5. The molecule has 2 atom stereocenters. The average Bonchev–Trinajstić information content (AvgIpc) is 3.27. The summed E-state index contributed by atoms with van der Waals surface area (Å²) < 4.78 is 0. The Morgan fingerprint density at radius 3 is 2.85 bits per heavy atom. The van der Waals surface area contributed by atoms with Crippen molar-refractivity contribution in [1.29, 1.82) is 0 Å². The quantitative estimate of drug-likeness (QED) is 0.640. The molecule has 1 amide bonds. The van der Waals surface area contributed by atoms with Crippen molar-refractivity contribution >= 4 is 22.8 Å². The van der Waals surface area contributed by atoms with E-state index in [1.165, 1.54) is 0 Å². The van der Waals surface area contributed by atoms with E-state index in [-0.39, 0.29) is 24.5 Å². The number of anilines is 1. The largest absolute Gasteiger partial charge is 0.396 e. The van der Waals surface area contributed by atoms with Crippen LogP contribution in [0.25, 0.3) is 10.9 Å². The fourth-order valence-electron chi connectivity index (χ4n) is 3.55. The Morgan fingerprint density at radius 1 is 1.23 bits per heavy atom. The highest BCUT2D eigenvalue weighted by molar-refractivity contribution is 5.89. The molecule has 0 saturated carbocycles. The summed E-state index contributed by atoms with van der Waals surface area (Å²) in [5.74, 6) is 0.541. The summed E-state index contributed by atoms with van der Waals surface area (Å²) in [4.78, 5) is 26.3. The van der Waals surface area contributed by atoms with Crippen molar-refractivity contribution in [3.05, 3.63) is 54.5 Å². The fraction of sp³-hybridized carbons (Fsp3) is 0.316. The Kier molecular flexibility index (Phi) is 4.53. The second-order valence-electron chi connectivity index (χ2n) is 6.61. The summed E-state index contributed by atoms with van der Waals surface area (Å²) in [6.07, 6.45) is 5.57. The molecule has 134 valence electrons. The van der Waals surface area contributed by atoms with E-state index in [4.69, 9.17) is 0 Å². The predicted molar refractivity (Wildman–Crippen MR) is 98.8 cm³/mol. The lowest BCUT2D eigenvalue weighted by Crippen LogP contribution is -2.42. The van der Waals surface area contributed by atoms with Crippen LogP contribution < -0.4 is 10.2 Å². The van der Waals surface area contributed by atoms with E-state index < -0.39 is 0 Å². The highest BCUT2D eigenvalue weighted by atomic mass is 16.3. The summed E-state index contributed by atoms with van der Waals surface area (Å²) in [5, 5.41) is 13.8. The molecule has 2 aromatic heterocycles. The fourth-order valence-corrected chi connectivity index (χ4v) is 3.55. The summed E-state index contributed by atoms with van der Waals surface area (Å²) >= 11 is 0. The van der Waals surface area contributed by atoms with Gasteiger partial charge in [-0.3, -0.25) is 4.79 Å². The molecule has 1 aliphatic heterocycles. The minimum atomic E-state index is -0.124. The van der Waals surface area contributed by atoms with Gasteiger partial charge in [-0.25, -0.2) is 9.97 Å². The minimum absolute atomic E-state index is 0.0152. The highest BCUT2D eigenvalue weighted by Gasteiger charge is 2.34. The van der Waals surface area contributed by atoms with Gasteiger partial charge in [-0.05, 0) is 17.7 Å². The van der Waals surface area contributed by atoms with Gasteiger partial charge in [0.2, 0.25) is 11.9 Å². The number of aromatic nitrogens is 3. The van der Waals surface area contributed by atoms with E-state index in [1.54, 1.807) is 18.5 Å². The van der Waals surface area contributed by atoms with Crippen LogP contribution in [0.15, 0.2) is 48.9 Å². The third kappa shape index (κ3) is 3.25. The second-order valence-corrected chi connectivity index (χ2v) is 6.61. The van der Waals surface area contributed by atoms with Gasteiger partial charge in [0.25, 0.3) is 0 Å². The Bertz CT molecular complexity index is 895. The zero-order valence-corrected chi connectivity index (χ0v) is 14.3. The maximum atomic E-state index is 12.6. The SMILES string of the molecule is O=C(Cc1c[nH]c2ccccc12)N[C@@H]1CN(c2ncccn2)C[C@H]1CO. The van der Waals surface area contributed by atoms with Crippen LogP contribution in [-0.4, -0.2) is 51.7 Å². The van der Waals surface area contributed by atoms with Crippen molar-refractivity contribution in [2.24, 2.45) is 5.92 Å². The molecule has 0 spiro atoms. The Balaban J connectivity index is 1.43. The van der Waals surface area contributed by atoms with Gasteiger partial charge in [-0.1, -0.05) is 18.2 Å². The molecule has 1 fully saturated rings. The summed E-state index contributed by atoms with van der Waals surface area (Å²) in [6, 6.07) is 9.58. The summed E-state index contributed by atoms with van der Waals surface area (Å²) in [6.45, 7) is 1.23. The smallest absolute Gasteiger partial charge is 0.225 e. The lowest BCUT2D eigenvalue weighted by atomic mass is 10.0. The van der Waals surface area contributed by atoms with Crippen LogP contribution in [0.5, 0.6) is 0 Å². The monoisotopic (exact) mass is 351 g/mol. The number of hydrogen-bond donors (Lipinski definition) is 3. The number of hydrogen-bond acceptors (Lipinski definition) is 5. The predicted octanol–water partition coefficient (Wildman–Crippen LogP) is 1.11. The van der Waals surface area contributed by atoms with Gasteiger partial charge >= 0.3 is 0 Å². The van der Waals surface area contributed by atoms with Gasteiger partial charge in [0.1, 0.15) is 0 Å². The number of benzene rings is 1. The van der Waals surface area contributed by atoms with E-state index in [0.717, 1.165) is 16.5 Å². The molecule has 0 radical (unpaired) electrons. The first kappa shape index (κ1) is 16.5. The van der Waals surface area contributed by atoms with E-state index >= 15 is 0 Å². The third-order valence-corrected chi connectivity index (χ3v) is 4.88. The first-order valence-electron chi connectivity index (χ1n) is 8.72. The molecular formula is C19H21N5O2. The molecule has 3 aromatic rings. The minimum Gasteiger partial charge on any atom is -0.396 e. The average molecular weight is 351 g/mol. The second kappa shape index (κ2) is 7.13. The molecule has 3 N–H and O–H groups in total. The van der Waals surface area contributed by atoms with Crippen LogP contribution in [0, 0.1) is 5.92 Å². The molecule has 7 heteroatoms. The molecule has 7 nitrogen and oxygen atoms in total. The maximum Gasteiger partial charge on any atom is 0.225 e. The van der Waals surface area contributed by atoms with Crippen LogP contribution in [0.3, 0.4) is 0 Å². The molecule has 1 aromatic carbocycles. The van der Waals surface area contributed by atoms with Gasteiger partial charge in [-0.2, -0.15) is 0 Å². The molecule has 0 aliphatic carbocycles. The Morgan fingerprint density at radius 2 is 2.04 bits per heavy atom. The number of aliphatic hydroxyl groups excluding tert-OH is 1. The Hall–Kier alpha value is -2.93. The number of nitrogens with one attached hydrogen (secondary N) is 2. The van der Waals surface area contributed by atoms with Crippen molar-refractivity contribution in [1.82, 2.24) is 20.3 Å². The van der Waals surface area contributed by atoms with Gasteiger partial charge in [-0.15, -0.1) is 0 Å². The van der Waals surface area contributed by atoms with Crippen molar-refractivity contribution in [2.75, 3.05) is 24.6 Å². The summed E-state index contributed by atoms with van der Waals surface area (Å²) in [5.41, 5.74) is 2.00. The van der Waals surface area contributed by atoms with E-state index in [0.29, 0.717) is 25.5 Å². The highest BCUT2D eigenvalue weighted by Crippen LogP contribution is 2.22. The summed E-state index contributed by atoms with van der Waals surface area (Å²) in [7, 11) is 0. The number of carbonyl (C=O) groups excluding carboxylic acids is 1. The number of aliphatic hydroxyl groups is 1. The van der Waals surface area contributed by atoms with Crippen molar-refractivity contribution in [3.63, 3.8) is 0 Å². The van der Waals surface area contributed by atoms with Gasteiger partial charge in [0.15, 0.2) is 0 Å². The topological polar surface area (TPSA) is 94.1 Å². The number of amides is 1. The van der Waals surface area contributed by atoms with Crippen molar-refractivity contribution in [3.8, 4) is 0 Å². The first-order valence-corrected chi connectivity index (χ1v) is 8.72. The van der Waals surface area contributed by atoms with E-state index in [9.17, 15) is 9.90 Å². The molecular weight excluding hydrogens is 330 g/mol. The number of H-pyrrole nitrogens is 1. The maximum absolute atomic E-state index is 12.6. The number of carbonyl (C=O) groups is 1. The molecule has 4 rings (SSSR count). The number of aromatic amines is 1. The lowest BCUT2D eigenvalue weighted by molar-refractivity contribution is -0.121. The van der Waals surface area contributed by atoms with Gasteiger partial charge in [0.05, 0.1) is 12.5 Å². The van der Waals surface area contributed by atoms with Gasteiger partial charge in [0, 0.05) is 55.1 Å². The van der Waals surface area contributed by atoms with Crippen LogP contribution in [0.4, 0.5) is 5.95 Å². The normalized spacial score (nSPS) is 19.8. The van der Waals surface area contributed by atoms with Crippen LogP contribution in [0.2, 0.25) is 0 Å². The van der Waals surface area contributed by atoms with Gasteiger partial charge < -0.3 is 20.3 Å². The zero-order chi connectivity index (χ0) is 17.9. The molecule has 3 heterocycles. The lowest BCUT2D eigenvalue weighted by Gasteiger charge is -2.17. The number of fused-ring (bicyclic) bond motifs is 1. The zero-order valence-electron chi connectivity index (χ0n) is 14.3. The first-order chi connectivity index (χ1) is 12.7. The molecule has 26 heavy (non-hydrogen) atoms. The van der Waals surface area contributed by atoms with Crippen LogP contribution in [0.1, 0.15) is 5.56 Å². The number of nitrogens with zero attached hydrogens (tertiary/aromatic N) is 3. The molecule has 0 bridgehead atoms. The molecule has 0 unspecified atom stereocenters. The van der Waals surface area contributed by atoms with Crippen molar-refractivity contribution < 1.29 is 9.90 Å². The van der Waals surface area contributed by atoms with E-state index in [1.807, 2.05) is 35.4 Å². The standard InChI is InChI=1S/C19H21N5O2/c25-12-14-10-24(19-20-6-3-7-21-19)11-17(14)23-18(26)8-13-9-22-16-5-2-1-4-15(13)16/h1-7,9,14,17,22,25H,8,10-12H2,(H,23,26)/t14-,17+/m0/s1. The number of para-hydroxylation sites is 1. The molecule has 1 saturated heterocycles. The third-order valence-electron chi connectivity index (χ3n) is 4.88. The van der Waals surface area contributed by atoms with Crippen LogP contribution in [-0.2, 0) is 11.2 Å².